The Kier molecular flexibility index (Phi) is 39.7. The molecular weight excluding hydrogens is 671 g/mol. The van der Waals surface area contributed by atoms with Crippen LogP contribution in [0, 0.1) is 0 Å². The zero-order valence-electron chi connectivity index (χ0n) is 36.6. The van der Waals surface area contributed by atoms with Gasteiger partial charge in [-0.2, -0.15) is 0 Å². The molecule has 0 heterocycles. The lowest BCUT2D eigenvalue weighted by Crippen LogP contribution is -2.32. The maximum atomic E-state index is 12.1. The molecule has 318 valence electrons. The van der Waals surface area contributed by atoms with Gasteiger partial charge in [0.25, 0.3) is 0 Å². The maximum absolute atomic E-state index is 12.1. The molecule has 0 aliphatic carbocycles. The highest BCUT2D eigenvalue weighted by atomic mass is 16.5. The van der Waals surface area contributed by atoms with Crippen molar-refractivity contribution in [1.82, 2.24) is 4.90 Å². The zero-order chi connectivity index (χ0) is 39.7. The summed E-state index contributed by atoms with van der Waals surface area (Å²) in [5.41, 5.74) is 0. The lowest BCUT2D eigenvalue weighted by Gasteiger charge is -2.28. The van der Waals surface area contributed by atoms with Crippen LogP contribution in [0.25, 0.3) is 0 Å². The predicted molar refractivity (Wildman–Crippen MR) is 232 cm³/mol. The van der Waals surface area contributed by atoms with Crippen LogP contribution in [0.4, 0.5) is 0 Å². The van der Waals surface area contributed by atoms with Gasteiger partial charge in [0.1, 0.15) is 12.2 Å². The van der Waals surface area contributed by atoms with E-state index in [-0.39, 0.29) is 24.1 Å². The Morgan fingerprint density at radius 2 is 0.907 bits per heavy atom. The summed E-state index contributed by atoms with van der Waals surface area (Å²) in [6.07, 6.45) is 45.0. The number of esters is 2. The Morgan fingerprint density at radius 1 is 0.500 bits per heavy atom. The number of rotatable bonds is 41. The Balaban J connectivity index is 4.36. The summed E-state index contributed by atoms with van der Waals surface area (Å²) in [6.45, 7) is 9.90. The van der Waals surface area contributed by atoms with Gasteiger partial charge in [0.2, 0.25) is 0 Å². The van der Waals surface area contributed by atoms with Crippen molar-refractivity contribution in [2.45, 2.75) is 251 Å². The van der Waals surface area contributed by atoms with E-state index in [0.717, 1.165) is 83.6 Å². The topological polar surface area (TPSA) is 76.1 Å². The highest BCUT2D eigenvalue weighted by molar-refractivity contribution is 5.69. The predicted octanol–water partition coefficient (Wildman–Crippen LogP) is 13.8. The number of aliphatic hydroxyl groups is 1. The average molecular weight is 762 g/mol. The summed E-state index contributed by atoms with van der Waals surface area (Å²) in [7, 11) is 2.29. The van der Waals surface area contributed by atoms with Gasteiger partial charge in [0.05, 0.1) is 0 Å². The second kappa shape index (κ2) is 41.0. The van der Waals surface area contributed by atoms with Crippen LogP contribution in [-0.4, -0.2) is 60.4 Å². The molecule has 1 N–H and O–H groups in total. The maximum Gasteiger partial charge on any atom is 0.306 e. The van der Waals surface area contributed by atoms with Gasteiger partial charge in [-0.05, 0) is 103 Å². The second-order valence-corrected chi connectivity index (χ2v) is 16.1. The monoisotopic (exact) mass is 762 g/mol. The van der Waals surface area contributed by atoms with Crippen LogP contribution >= 0.6 is 0 Å². The van der Waals surface area contributed by atoms with Gasteiger partial charge in [-0.1, -0.05) is 142 Å². The van der Waals surface area contributed by atoms with E-state index in [2.05, 4.69) is 50.1 Å². The van der Waals surface area contributed by atoms with E-state index < -0.39 is 0 Å². The molecule has 0 bridgehead atoms. The highest BCUT2D eigenvalue weighted by Crippen LogP contribution is 2.20. The molecule has 0 rings (SSSR count). The molecule has 0 aromatic carbocycles. The second-order valence-electron chi connectivity index (χ2n) is 16.1. The van der Waals surface area contributed by atoms with Gasteiger partial charge in [0.15, 0.2) is 0 Å². The number of aliphatic hydroxyl groups excluding tert-OH is 1. The number of hydrogen-bond donors (Lipinski definition) is 1. The van der Waals surface area contributed by atoms with Gasteiger partial charge in [-0.25, -0.2) is 0 Å². The summed E-state index contributed by atoms with van der Waals surface area (Å²) >= 11 is 0. The molecule has 2 atom stereocenters. The van der Waals surface area contributed by atoms with Gasteiger partial charge in [-0.15, -0.1) is 0 Å². The van der Waals surface area contributed by atoms with Gasteiger partial charge >= 0.3 is 11.9 Å². The van der Waals surface area contributed by atoms with Gasteiger partial charge in [-0.3, -0.25) is 9.59 Å². The average Bonchev–Trinajstić information content (AvgIpc) is 3.15. The third-order valence-electron chi connectivity index (χ3n) is 10.8. The Bertz CT molecular complexity index is 811. The van der Waals surface area contributed by atoms with Crippen LogP contribution in [0.5, 0.6) is 0 Å². The molecule has 6 heteroatoms. The fourth-order valence-corrected chi connectivity index (χ4v) is 7.26. The molecule has 0 saturated carbocycles. The summed E-state index contributed by atoms with van der Waals surface area (Å²) in [5, 5.41) is 9.28. The first-order valence-corrected chi connectivity index (χ1v) is 23.4. The summed E-state index contributed by atoms with van der Waals surface area (Å²) in [4.78, 5) is 26.7. The SMILES string of the molecule is CCCCCCC(C/C=C\CCCCCCCC(CCCCCCC/C=C\CC(CCCCCC)OC(=O)CCC)N(C)CCCCO)OC(=O)CCC. The van der Waals surface area contributed by atoms with E-state index in [0.29, 0.717) is 25.5 Å². The highest BCUT2D eigenvalue weighted by Gasteiger charge is 2.15. The number of unbranched alkanes of at least 4 members (excludes halogenated alkanes) is 17. The Morgan fingerprint density at radius 3 is 1.33 bits per heavy atom. The minimum atomic E-state index is -0.0392. The number of ether oxygens (including phenoxy) is 2. The molecule has 0 aliphatic rings. The quantitative estimate of drug-likeness (QED) is 0.0380. The van der Waals surface area contributed by atoms with E-state index in [4.69, 9.17) is 9.47 Å². The van der Waals surface area contributed by atoms with Crippen LogP contribution in [-0.2, 0) is 19.1 Å². The molecule has 2 unspecified atom stereocenters. The molecule has 0 aliphatic heterocycles. The minimum absolute atomic E-state index is 0.0392. The molecular formula is C48H91NO5. The molecule has 6 nitrogen and oxygen atoms in total. The van der Waals surface area contributed by atoms with Crippen molar-refractivity contribution in [2.24, 2.45) is 0 Å². The molecule has 0 fully saturated rings. The third-order valence-corrected chi connectivity index (χ3v) is 10.8. The van der Waals surface area contributed by atoms with Gasteiger partial charge < -0.3 is 19.5 Å². The molecule has 0 aromatic heterocycles. The normalized spacial score (nSPS) is 13.6. The standard InChI is InChI=1S/C48H91NO5/c1-6-10-12-28-38-45(53-47(51)34-8-3)40-30-24-20-16-14-18-22-26-36-44(49(5)42-32-33-43-50)37-27-23-19-15-17-21-25-31-41-46(39-29-13-11-7-2)54-48(52)35-9-4/h24-25,30-31,44-46,50H,6-23,26-29,32-43H2,1-5H3/b30-24-,31-25-. The van der Waals surface area contributed by atoms with Crippen molar-refractivity contribution in [3.8, 4) is 0 Å². The molecule has 0 saturated heterocycles. The lowest BCUT2D eigenvalue weighted by molar-refractivity contribution is -0.150. The number of hydrogen-bond acceptors (Lipinski definition) is 6. The Hall–Kier alpha value is -1.66. The van der Waals surface area contributed by atoms with E-state index in [9.17, 15) is 14.7 Å². The fourth-order valence-electron chi connectivity index (χ4n) is 7.26. The number of carbonyl (C=O) groups excluding carboxylic acids is 2. The minimum Gasteiger partial charge on any atom is -0.462 e. The Labute approximate surface area is 336 Å². The van der Waals surface area contributed by atoms with E-state index in [1.54, 1.807) is 0 Å². The lowest BCUT2D eigenvalue weighted by atomic mass is 9.98. The first-order valence-electron chi connectivity index (χ1n) is 23.4. The molecule has 0 spiro atoms. The molecule has 0 radical (unpaired) electrons. The third kappa shape index (κ3) is 34.8. The van der Waals surface area contributed by atoms with Gasteiger partial charge in [0, 0.05) is 38.3 Å². The van der Waals surface area contributed by atoms with Crippen LogP contribution < -0.4 is 0 Å². The number of carbonyl (C=O) groups is 2. The largest absolute Gasteiger partial charge is 0.462 e. The smallest absolute Gasteiger partial charge is 0.306 e. The first kappa shape index (κ1) is 52.3. The number of nitrogens with zero attached hydrogens (tertiary/aromatic N) is 1. The van der Waals surface area contributed by atoms with E-state index >= 15 is 0 Å². The summed E-state index contributed by atoms with van der Waals surface area (Å²) < 4.78 is 11.6. The first-order chi connectivity index (χ1) is 26.4. The van der Waals surface area contributed by atoms with E-state index in [1.165, 1.54) is 116 Å². The molecule has 54 heavy (non-hydrogen) atoms. The summed E-state index contributed by atoms with van der Waals surface area (Å²) in [5.74, 6) is -0.0783. The van der Waals surface area contributed by atoms with Crippen molar-refractivity contribution in [3.05, 3.63) is 24.3 Å². The van der Waals surface area contributed by atoms with Crippen LogP contribution in [0.2, 0.25) is 0 Å². The van der Waals surface area contributed by atoms with Crippen LogP contribution in [0.1, 0.15) is 233 Å². The summed E-state index contributed by atoms with van der Waals surface area (Å²) in [6, 6.07) is 0.650. The van der Waals surface area contributed by atoms with Crippen molar-refractivity contribution in [2.75, 3.05) is 20.2 Å². The zero-order valence-corrected chi connectivity index (χ0v) is 36.6. The number of allylic oxidation sites excluding steroid dienone is 2. The van der Waals surface area contributed by atoms with Crippen LogP contribution in [0.3, 0.4) is 0 Å². The van der Waals surface area contributed by atoms with Crippen LogP contribution in [0.15, 0.2) is 24.3 Å². The van der Waals surface area contributed by atoms with Crippen molar-refractivity contribution in [1.29, 1.82) is 0 Å². The molecule has 0 amide bonds. The van der Waals surface area contributed by atoms with Crippen molar-refractivity contribution in [3.63, 3.8) is 0 Å². The van der Waals surface area contributed by atoms with E-state index in [1.807, 2.05) is 13.8 Å². The van der Waals surface area contributed by atoms with Crippen molar-refractivity contribution < 1.29 is 24.2 Å². The molecule has 0 aromatic rings. The van der Waals surface area contributed by atoms with Crippen molar-refractivity contribution >= 4 is 11.9 Å². The fraction of sp³-hybridized carbons (Fsp3) is 0.875.